The Morgan fingerprint density at radius 2 is 2.26 bits per heavy atom. The molecule has 1 aliphatic carbocycles. The van der Waals surface area contributed by atoms with Crippen molar-refractivity contribution in [3.63, 3.8) is 0 Å². The lowest BCUT2D eigenvalue weighted by Crippen LogP contribution is -2.09. The zero-order valence-corrected chi connectivity index (χ0v) is 13.7. The molecule has 7 heteroatoms. The van der Waals surface area contributed by atoms with Crippen LogP contribution in [0.3, 0.4) is 0 Å². The third-order valence-corrected chi connectivity index (χ3v) is 5.47. The van der Waals surface area contributed by atoms with Crippen molar-refractivity contribution in [2.24, 2.45) is 5.92 Å². The normalized spacial score (nSPS) is 18.1. The van der Waals surface area contributed by atoms with Crippen molar-refractivity contribution in [1.29, 1.82) is 0 Å². The smallest absolute Gasteiger partial charge is 0.328 e. The predicted molar refractivity (Wildman–Crippen MR) is 88.8 cm³/mol. The fourth-order valence-corrected chi connectivity index (χ4v) is 4.44. The lowest BCUT2D eigenvalue weighted by Gasteiger charge is -2.17. The van der Waals surface area contributed by atoms with Crippen LogP contribution >= 0.6 is 11.3 Å². The van der Waals surface area contributed by atoms with E-state index in [1.54, 1.807) is 15.9 Å². The van der Waals surface area contributed by atoms with Gasteiger partial charge in [0.1, 0.15) is 10.7 Å². The van der Waals surface area contributed by atoms with Gasteiger partial charge in [-0.2, -0.15) is 4.52 Å². The van der Waals surface area contributed by atoms with Crippen molar-refractivity contribution in [2.75, 3.05) is 0 Å². The number of nitrogens with zero attached hydrogens (tertiary/aromatic N) is 4. The lowest BCUT2D eigenvalue weighted by atomic mass is 9.89. The van der Waals surface area contributed by atoms with E-state index >= 15 is 0 Å². The van der Waals surface area contributed by atoms with Crippen LogP contribution in [-0.2, 0) is 17.6 Å². The van der Waals surface area contributed by atoms with Crippen LogP contribution in [0.4, 0.5) is 0 Å². The number of carbonyl (C=O) groups is 1. The van der Waals surface area contributed by atoms with Crippen LogP contribution in [0, 0.1) is 12.8 Å². The van der Waals surface area contributed by atoms with Gasteiger partial charge in [-0.25, -0.2) is 14.8 Å². The Kier molecular flexibility index (Phi) is 3.19. The number of carboxylic acid groups (broad SMARTS) is 1. The van der Waals surface area contributed by atoms with E-state index in [1.807, 2.05) is 6.92 Å². The molecule has 1 atom stereocenters. The second kappa shape index (κ2) is 5.13. The average molecular weight is 328 g/mol. The molecular weight excluding hydrogens is 312 g/mol. The molecule has 0 spiro atoms. The summed E-state index contributed by atoms with van der Waals surface area (Å²) in [5.41, 5.74) is 2.13. The van der Waals surface area contributed by atoms with Crippen molar-refractivity contribution in [1.82, 2.24) is 19.6 Å². The van der Waals surface area contributed by atoms with E-state index in [0.717, 1.165) is 40.6 Å². The summed E-state index contributed by atoms with van der Waals surface area (Å²) in [5, 5.41) is 14.2. The zero-order valence-electron chi connectivity index (χ0n) is 12.9. The third kappa shape index (κ3) is 2.31. The predicted octanol–water partition coefficient (Wildman–Crippen LogP) is 2.87. The van der Waals surface area contributed by atoms with Gasteiger partial charge in [0, 0.05) is 11.0 Å². The largest absolute Gasteiger partial charge is 0.478 e. The molecule has 118 valence electrons. The van der Waals surface area contributed by atoms with Crippen molar-refractivity contribution < 1.29 is 9.90 Å². The molecule has 3 aromatic heterocycles. The number of hydrogen-bond donors (Lipinski definition) is 1. The van der Waals surface area contributed by atoms with Gasteiger partial charge in [-0.3, -0.25) is 0 Å². The maximum absolute atomic E-state index is 10.7. The van der Waals surface area contributed by atoms with Crippen LogP contribution in [0.25, 0.3) is 21.9 Å². The summed E-state index contributed by atoms with van der Waals surface area (Å²) in [6, 6.07) is 0. The lowest BCUT2D eigenvalue weighted by molar-refractivity contribution is -0.131. The van der Waals surface area contributed by atoms with Crippen molar-refractivity contribution in [2.45, 2.75) is 33.1 Å². The number of aromatic nitrogens is 4. The minimum absolute atomic E-state index is 0.397. The maximum Gasteiger partial charge on any atom is 0.328 e. The van der Waals surface area contributed by atoms with E-state index in [1.165, 1.54) is 22.9 Å². The molecule has 4 rings (SSSR count). The van der Waals surface area contributed by atoms with E-state index < -0.39 is 5.97 Å². The monoisotopic (exact) mass is 328 g/mol. The Morgan fingerprint density at radius 3 is 3.04 bits per heavy atom. The molecule has 3 heterocycles. The minimum Gasteiger partial charge on any atom is -0.478 e. The fourth-order valence-electron chi connectivity index (χ4n) is 3.18. The number of fused-ring (bicyclic) bond motifs is 5. The zero-order chi connectivity index (χ0) is 16.1. The highest BCUT2D eigenvalue weighted by Gasteiger charge is 2.24. The Hall–Kier alpha value is -2.28. The molecule has 0 radical (unpaired) electrons. The third-order valence-electron chi connectivity index (χ3n) is 4.28. The van der Waals surface area contributed by atoms with E-state index in [9.17, 15) is 4.79 Å². The molecule has 0 bridgehead atoms. The molecule has 3 aromatic rings. The Balaban J connectivity index is 1.99. The van der Waals surface area contributed by atoms with Crippen molar-refractivity contribution in [3.05, 3.63) is 28.2 Å². The van der Waals surface area contributed by atoms with E-state index in [-0.39, 0.29) is 0 Å². The summed E-state index contributed by atoms with van der Waals surface area (Å²) in [5.74, 6) is 0.816. The van der Waals surface area contributed by atoms with Gasteiger partial charge in [0.2, 0.25) is 0 Å². The van der Waals surface area contributed by atoms with Crippen molar-refractivity contribution in [3.8, 4) is 0 Å². The molecule has 0 unspecified atom stereocenters. The van der Waals surface area contributed by atoms with Gasteiger partial charge < -0.3 is 5.11 Å². The van der Waals surface area contributed by atoms with Crippen LogP contribution < -0.4 is 0 Å². The van der Waals surface area contributed by atoms with Gasteiger partial charge in [-0.05, 0) is 43.7 Å². The first-order valence-electron chi connectivity index (χ1n) is 7.61. The Morgan fingerprint density at radius 1 is 1.43 bits per heavy atom. The molecule has 0 aliphatic heterocycles. The number of aryl methyl sites for hydroxylation is 2. The Labute approximate surface area is 136 Å². The molecule has 0 saturated carbocycles. The van der Waals surface area contributed by atoms with Crippen LogP contribution in [0.2, 0.25) is 0 Å². The second-order valence-corrected chi connectivity index (χ2v) is 7.15. The fraction of sp³-hybridized carbons (Fsp3) is 0.375. The standard InChI is InChI=1S/C16H16N4O2S/c1-8-3-4-11-10(7-8)14-15-18-12(5-6-13(21)22)19-20(15)9(2)17-16(14)23-11/h5-6,8H,3-4,7H2,1-2H3,(H,21,22)/b6-5+/t8-/m0/s1. The molecule has 23 heavy (non-hydrogen) atoms. The van der Waals surface area contributed by atoms with Gasteiger partial charge in [-0.15, -0.1) is 16.4 Å². The van der Waals surface area contributed by atoms with E-state index in [0.29, 0.717) is 11.7 Å². The van der Waals surface area contributed by atoms with Gasteiger partial charge in [0.05, 0.1) is 5.39 Å². The summed E-state index contributed by atoms with van der Waals surface area (Å²) in [7, 11) is 0. The molecule has 6 nitrogen and oxygen atoms in total. The highest BCUT2D eigenvalue weighted by Crippen LogP contribution is 2.38. The van der Waals surface area contributed by atoms with Gasteiger partial charge >= 0.3 is 5.97 Å². The molecule has 0 saturated heterocycles. The summed E-state index contributed by atoms with van der Waals surface area (Å²) < 4.78 is 1.72. The summed E-state index contributed by atoms with van der Waals surface area (Å²) in [4.78, 5) is 22.3. The Bertz CT molecular complexity index is 970. The quantitative estimate of drug-likeness (QED) is 0.732. The second-order valence-electron chi connectivity index (χ2n) is 6.07. The molecule has 1 N–H and O–H groups in total. The number of carboxylic acids is 1. The molecule has 0 fully saturated rings. The first-order chi connectivity index (χ1) is 11.0. The number of rotatable bonds is 2. The SMILES string of the molecule is Cc1nc2sc3c(c2c2nc(/C=C/C(=O)O)nn12)C[C@@H](C)CC3. The molecular formula is C16H16N4O2S. The summed E-state index contributed by atoms with van der Waals surface area (Å²) in [6.07, 6.45) is 5.84. The average Bonchev–Trinajstić information content (AvgIpc) is 3.06. The number of thiophene rings is 1. The van der Waals surface area contributed by atoms with E-state index in [2.05, 4.69) is 22.0 Å². The topological polar surface area (TPSA) is 80.4 Å². The van der Waals surface area contributed by atoms with E-state index in [4.69, 9.17) is 5.11 Å². The number of hydrogen-bond acceptors (Lipinski definition) is 5. The minimum atomic E-state index is -1.01. The van der Waals surface area contributed by atoms with Crippen LogP contribution in [0.1, 0.15) is 35.4 Å². The van der Waals surface area contributed by atoms with Crippen molar-refractivity contribution >= 4 is 39.2 Å². The van der Waals surface area contributed by atoms with Crippen LogP contribution in [0.5, 0.6) is 0 Å². The first-order valence-corrected chi connectivity index (χ1v) is 8.43. The van der Waals surface area contributed by atoms with Crippen LogP contribution in [-0.4, -0.2) is 30.7 Å². The van der Waals surface area contributed by atoms with Gasteiger partial charge in [0.25, 0.3) is 0 Å². The van der Waals surface area contributed by atoms with Gasteiger partial charge in [0.15, 0.2) is 11.5 Å². The van der Waals surface area contributed by atoms with Gasteiger partial charge in [-0.1, -0.05) is 6.92 Å². The molecule has 1 aliphatic rings. The summed E-state index contributed by atoms with van der Waals surface area (Å²) in [6.45, 7) is 4.17. The summed E-state index contributed by atoms with van der Waals surface area (Å²) >= 11 is 1.75. The van der Waals surface area contributed by atoms with Crippen LogP contribution in [0.15, 0.2) is 6.08 Å². The highest BCUT2D eigenvalue weighted by atomic mass is 32.1. The highest BCUT2D eigenvalue weighted by molar-refractivity contribution is 7.19. The number of aliphatic carboxylic acids is 1. The molecule has 0 aromatic carbocycles. The molecule has 0 amide bonds. The first kappa shape index (κ1) is 14.3. The maximum atomic E-state index is 10.7.